The minimum Gasteiger partial charge on any atom is -0.497 e. The molecule has 2 N–H and O–H groups in total. The highest BCUT2D eigenvalue weighted by atomic mass is 32.2. The van der Waals surface area contributed by atoms with E-state index in [1.807, 2.05) is 60.0 Å². The smallest absolute Gasteiger partial charge is 0.260 e. The second-order valence-electron chi connectivity index (χ2n) is 6.80. The molecule has 158 valence electrons. The molecule has 0 unspecified atom stereocenters. The van der Waals surface area contributed by atoms with Crippen LogP contribution < -0.4 is 15.6 Å². The van der Waals surface area contributed by atoms with Crippen LogP contribution in [0, 0.1) is 0 Å². The third-order valence-corrected chi connectivity index (χ3v) is 6.49. The molecule has 0 aliphatic heterocycles. The number of thioether (sulfide) groups is 1. The summed E-state index contributed by atoms with van der Waals surface area (Å²) >= 11 is 2.64. The van der Waals surface area contributed by atoms with Crippen LogP contribution in [-0.2, 0) is 11.2 Å². The first kappa shape index (κ1) is 21.1. The highest BCUT2D eigenvalue weighted by molar-refractivity contribution is 7.99. The summed E-state index contributed by atoms with van der Waals surface area (Å²) in [6.45, 7) is 0.572. The number of hydrogen-bond acceptors (Lipinski definition) is 6. The molecule has 0 saturated carbocycles. The van der Waals surface area contributed by atoms with E-state index >= 15 is 0 Å². The third kappa shape index (κ3) is 5.15. The summed E-state index contributed by atoms with van der Waals surface area (Å²) in [6.07, 6.45) is 0.779. The molecule has 0 saturated heterocycles. The van der Waals surface area contributed by atoms with Crippen LogP contribution in [0.4, 0.5) is 0 Å². The Bertz CT molecular complexity index is 1230. The Kier molecular flexibility index (Phi) is 6.69. The van der Waals surface area contributed by atoms with E-state index in [1.54, 1.807) is 7.11 Å². The number of nitrogens with zero attached hydrogens (tertiary/aromatic N) is 1. The number of carbonyl (C=O) groups is 1. The van der Waals surface area contributed by atoms with Crippen molar-refractivity contribution in [1.29, 1.82) is 0 Å². The predicted octanol–water partition coefficient (Wildman–Crippen LogP) is 4.11. The van der Waals surface area contributed by atoms with Crippen molar-refractivity contribution >= 4 is 39.2 Å². The molecular formula is C23H21N3O3S2. The highest BCUT2D eigenvalue weighted by Gasteiger charge is 2.14. The van der Waals surface area contributed by atoms with Crippen LogP contribution in [0.25, 0.3) is 21.3 Å². The van der Waals surface area contributed by atoms with E-state index in [4.69, 9.17) is 4.74 Å². The maximum Gasteiger partial charge on any atom is 0.260 e. The molecule has 0 bridgehead atoms. The summed E-state index contributed by atoms with van der Waals surface area (Å²) in [4.78, 5) is 32.9. The fourth-order valence-electron chi connectivity index (χ4n) is 3.16. The molecule has 6 nitrogen and oxygen atoms in total. The number of ether oxygens (including phenoxy) is 1. The number of aromatic amines is 1. The molecule has 0 aliphatic rings. The Balaban J connectivity index is 1.40. The van der Waals surface area contributed by atoms with Crippen molar-refractivity contribution in [2.75, 3.05) is 19.4 Å². The van der Waals surface area contributed by atoms with Gasteiger partial charge in [0.15, 0.2) is 5.16 Å². The lowest BCUT2D eigenvalue weighted by molar-refractivity contribution is -0.118. The Morgan fingerprint density at radius 3 is 2.68 bits per heavy atom. The van der Waals surface area contributed by atoms with Crippen molar-refractivity contribution in [1.82, 2.24) is 15.3 Å². The summed E-state index contributed by atoms with van der Waals surface area (Å²) in [5.74, 6) is 0.866. The minimum absolute atomic E-state index is 0.0891. The van der Waals surface area contributed by atoms with Crippen molar-refractivity contribution in [2.24, 2.45) is 0 Å². The van der Waals surface area contributed by atoms with Crippen LogP contribution in [-0.4, -0.2) is 35.3 Å². The molecule has 0 radical (unpaired) electrons. The lowest BCUT2D eigenvalue weighted by Crippen LogP contribution is -2.27. The van der Waals surface area contributed by atoms with Gasteiger partial charge in [-0.15, -0.1) is 11.3 Å². The molecule has 0 fully saturated rings. The monoisotopic (exact) mass is 451 g/mol. The van der Waals surface area contributed by atoms with Gasteiger partial charge in [-0.25, -0.2) is 4.98 Å². The van der Waals surface area contributed by atoms with Crippen LogP contribution in [0.3, 0.4) is 0 Å². The maximum absolute atomic E-state index is 12.7. The fourth-order valence-corrected chi connectivity index (χ4v) is 4.85. The number of benzene rings is 2. The van der Waals surface area contributed by atoms with E-state index in [-0.39, 0.29) is 17.2 Å². The first-order valence-electron chi connectivity index (χ1n) is 9.73. The van der Waals surface area contributed by atoms with Gasteiger partial charge in [-0.3, -0.25) is 9.59 Å². The number of rotatable bonds is 8. The highest BCUT2D eigenvalue weighted by Crippen LogP contribution is 2.32. The molecule has 31 heavy (non-hydrogen) atoms. The van der Waals surface area contributed by atoms with E-state index in [9.17, 15) is 9.59 Å². The first-order valence-corrected chi connectivity index (χ1v) is 11.6. The van der Waals surface area contributed by atoms with Gasteiger partial charge in [0, 0.05) is 17.5 Å². The predicted molar refractivity (Wildman–Crippen MR) is 126 cm³/mol. The average molecular weight is 452 g/mol. The van der Waals surface area contributed by atoms with Gasteiger partial charge in [0.2, 0.25) is 5.91 Å². The number of nitrogens with one attached hydrogen (secondary N) is 2. The number of methoxy groups -OCH3 is 1. The van der Waals surface area contributed by atoms with E-state index < -0.39 is 0 Å². The fraction of sp³-hybridized carbons (Fsp3) is 0.174. The maximum atomic E-state index is 12.7. The largest absolute Gasteiger partial charge is 0.497 e. The number of H-pyrrole nitrogens is 1. The first-order chi connectivity index (χ1) is 15.1. The van der Waals surface area contributed by atoms with E-state index in [1.165, 1.54) is 28.7 Å². The molecule has 0 spiro atoms. The molecule has 8 heteroatoms. The van der Waals surface area contributed by atoms with Crippen LogP contribution in [0.15, 0.2) is 69.9 Å². The summed E-state index contributed by atoms with van der Waals surface area (Å²) in [5.41, 5.74) is 2.74. The van der Waals surface area contributed by atoms with Gasteiger partial charge in [-0.1, -0.05) is 54.2 Å². The Morgan fingerprint density at radius 1 is 1.16 bits per heavy atom. The molecule has 0 atom stereocenters. The van der Waals surface area contributed by atoms with Gasteiger partial charge in [0.1, 0.15) is 10.6 Å². The molecule has 4 rings (SSSR count). The normalized spacial score (nSPS) is 10.9. The van der Waals surface area contributed by atoms with Crippen LogP contribution in [0.5, 0.6) is 5.75 Å². The zero-order chi connectivity index (χ0) is 21.6. The summed E-state index contributed by atoms with van der Waals surface area (Å²) in [5, 5.41) is 5.84. The van der Waals surface area contributed by atoms with Gasteiger partial charge in [0.05, 0.1) is 18.2 Å². The molecule has 1 amide bonds. The second-order valence-corrected chi connectivity index (χ2v) is 8.63. The molecule has 2 aromatic heterocycles. The zero-order valence-corrected chi connectivity index (χ0v) is 18.5. The molecule has 4 aromatic rings. The van der Waals surface area contributed by atoms with Crippen molar-refractivity contribution in [3.05, 3.63) is 75.9 Å². The Labute approximate surface area is 187 Å². The summed E-state index contributed by atoms with van der Waals surface area (Å²) in [6, 6.07) is 17.6. The number of aromatic nitrogens is 2. The quantitative estimate of drug-likeness (QED) is 0.311. The van der Waals surface area contributed by atoms with Crippen molar-refractivity contribution < 1.29 is 9.53 Å². The lowest BCUT2D eigenvalue weighted by Gasteiger charge is -2.05. The standard InChI is InChI=1S/C23H21N3O3S2/c1-29-17-9-7-16(8-10-17)18-13-30-22-20(18)21(28)25-23(26-22)31-14-19(27)24-12-11-15-5-3-2-4-6-15/h2-10,13H,11-12,14H2,1H3,(H,24,27)(H,25,26,28). The number of thiophene rings is 1. The van der Waals surface area contributed by atoms with E-state index in [2.05, 4.69) is 15.3 Å². The SMILES string of the molecule is COc1ccc(-c2csc3nc(SCC(=O)NCCc4ccccc4)[nH]c(=O)c23)cc1. The summed E-state index contributed by atoms with van der Waals surface area (Å²) < 4.78 is 5.19. The topological polar surface area (TPSA) is 84.1 Å². The van der Waals surface area contributed by atoms with Crippen LogP contribution >= 0.6 is 23.1 Å². The third-order valence-electron chi connectivity index (χ3n) is 4.74. The zero-order valence-electron chi connectivity index (χ0n) is 16.9. The van der Waals surface area contributed by atoms with Gasteiger partial charge >= 0.3 is 0 Å². The molecule has 2 heterocycles. The molecule has 2 aromatic carbocycles. The van der Waals surface area contributed by atoms with Crippen molar-refractivity contribution in [2.45, 2.75) is 11.6 Å². The number of carbonyl (C=O) groups excluding carboxylic acids is 1. The number of fused-ring (bicyclic) bond motifs is 1. The van der Waals surface area contributed by atoms with Crippen molar-refractivity contribution in [3.63, 3.8) is 0 Å². The van der Waals surface area contributed by atoms with Gasteiger partial charge in [0.25, 0.3) is 5.56 Å². The van der Waals surface area contributed by atoms with Crippen LogP contribution in [0.1, 0.15) is 5.56 Å². The van der Waals surface area contributed by atoms with Gasteiger partial charge < -0.3 is 15.0 Å². The molecule has 0 aliphatic carbocycles. The molecular weight excluding hydrogens is 430 g/mol. The second kappa shape index (κ2) is 9.80. The Morgan fingerprint density at radius 2 is 1.94 bits per heavy atom. The minimum atomic E-state index is -0.205. The van der Waals surface area contributed by atoms with E-state index in [0.29, 0.717) is 21.9 Å². The number of hydrogen-bond donors (Lipinski definition) is 2. The number of amides is 1. The Hall–Kier alpha value is -3.10. The lowest BCUT2D eigenvalue weighted by atomic mass is 10.1. The van der Waals surface area contributed by atoms with Gasteiger partial charge in [-0.2, -0.15) is 0 Å². The summed E-state index contributed by atoms with van der Waals surface area (Å²) in [7, 11) is 1.62. The van der Waals surface area contributed by atoms with Crippen molar-refractivity contribution in [3.8, 4) is 16.9 Å². The van der Waals surface area contributed by atoms with Crippen LogP contribution in [0.2, 0.25) is 0 Å². The average Bonchev–Trinajstić information content (AvgIpc) is 3.23. The van der Waals surface area contributed by atoms with E-state index in [0.717, 1.165) is 23.3 Å². The van der Waals surface area contributed by atoms with Gasteiger partial charge in [-0.05, 0) is 29.7 Å².